The fraction of sp³-hybridized carbons (Fsp3) is 0.231. The van der Waals surface area contributed by atoms with Gasteiger partial charge in [-0.05, 0) is 66.6 Å². The van der Waals surface area contributed by atoms with Crippen molar-refractivity contribution in [1.82, 2.24) is 25.3 Å². The van der Waals surface area contributed by atoms with Gasteiger partial charge in [-0.15, -0.1) is 0 Å². The molecule has 0 radical (unpaired) electrons. The average molecular weight is 503 g/mol. The molecule has 0 bridgehead atoms. The predicted octanol–water partition coefficient (Wildman–Crippen LogP) is 4.21. The topological polar surface area (TPSA) is 116 Å². The lowest BCUT2D eigenvalue weighted by Gasteiger charge is -2.28. The first-order valence-corrected chi connectivity index (χ1v) is 12.6. The zero-order chi connectivity index (χ0) is 24.6. The summed E-state index contributed by atoms with van der Waals surface area (Å²) in [5.74, 6) is 0.475. The van der Waals surface area contributed by atoms with Gasteiger partial charge in [0.2, 0.25) is 0 Å². The van der Waals surface area contributed by atoms with Gasteiger partial charge in [0.1, 0.15) is 29.9 Å². The van der Waals surface area contributed by atoms with E-state index in [0.29, 0.717) is 18.8 Å². The van der Waals surface area contributed by atoms with E-state index in [0.717, 1.165) is 74.2 Å². The molecule has 0 spiro atoms. The van der Waals surface area contributed by atoms with Crippen LogP contribution in [0.15, 0.2) is 53.6 Å². The highest BCUT2D eigenvalue weighted by Gasteiger charge is 2.29. The molecule has 3 heterocycles. The summed E-state index contributed by atoms with van der Waals surface area (Å²) in [4.78, 5) is 38.8. The number of anilines is 2. The number of aryl methyl sites for hydroxylation is 1. The number of hydrogen-bond acceptors (Lipinski definition) is 7. The number of hydrogen-bond donors (Lipinski definition) is 4. The molecule has 2 unspecified atom stereocenters. The van der Waals surface area contributed by atoms with Crippen LogP contribution < -0.4 is 15.5 Å². The lowest BCUT2D eigenvalue weighted by Crippen LogP contribution is -2.39. The summed E-state index contributed by atoms with van der Waals surface area (Å²) in [5, 5.41) is 7.61. The summed E-state index contributed by atoms with van der Waals surface area (Å²) in [6.45, 7) is 0.419. The highest BCUT2D eigenvalue weighted by Crippen LogP contribution is 2.36. The van der Waals surface area contributed by atoms with Crippen LogP contribution in [0.3, 0.4) is 0 Å². The van der Waals surface area contributed by atoms with Gasteiger partial charge in [0, 0.05) is 17.9 Å². The second-order valence-electron chi connectivity index (χ2n) is 9.05. The van der Waals surface area contributed by atoms with Crippen molar-refractivity contribution in [3.63, 3.8) is 0 Å². The van der Waals surface area contributed by atoms with Gasteiger partial charge >= 0.3 is 4.87 Å². The Hall–Kier alpha value is -3.89. The van der Waals surface area contributed by atoms with E-state index in [1.54, 1.807) is 6.07 Å². The van der Waals surface area contributed by atoms with Gasteiger partial charge in [0.25, 0.3) is 0 Å². The molecule has 6 rings (SSSR count). The number of aldehydes is 1. The van der Waals surface area contributed by atoms with Crippen LogP contribution in [0.2, 0.25) is 0 Å². The average Bonchev–Trinajstić information content (AvgIpc) is 3.43. The van der Waals surface area contributed by atoms with Crippen molar-refractivity contribution in [2.24, 2.45) is 5.92 Å². The molecule has 3 aromatic heterocycles. The number of carbonyl (C=O) groups is 1. The zero-order valence-electron chi connectivity index (χ0n) is 19.2. The number of nitrogens with one attached hydrogen (secondary N) is 4. The zero-order valence-corrected chi connectivity index (χ0v) is 20.0. The van der Waals surface area contributed by atoms with Crippen LogP contribution in [0, 0.1) is 11.7 Å². The number of carbonyl (C=O) groups excluding carboxylic acids is 1. The van der Waals surface area contributed by atoms with Crippen LogP contribution >= 0.6 is 11.3 Å². The molecule has 0 amide bonds. The monoisotopic (exact) mass is 502 g/mol. The van der Waals surface area contributed by atoms with Gasteiger partial charge in [-0.1, -0.05) is 23.5 Å². The summed E-state index contributed by atoms with van der Waals surface area (Å²) in [5.41, 5.74) is 5.39. The minimum Gasteiger partial charge on any atom is -0.343 e. The molecule has 1 aliphatic rings. The molecule has 4 N–H and O–H groups in total. The van der Waals surface area contributed by atoms with Crippen molar-refractivity contribution in [1.29, 1.82) is 0 Å². The van der Waals surface area contributed by atoms with Crippen molar-refractivity contribution in [3.8, 4) is 0 Å². The molecule has 182 valence electrons. The van der Waals surface area contributed by atoms with Gasteiger partial charge in [0.05, 0.1) is 21.6 Å². The number of aromatic amines is 2. The van der Waals surface area contributed by atoms with Crippen molar-refractivity contribution in [2.45, 2.75) is 31.8 Å². The van der Waals surface area contributed by atoms with Gasteiger partial charge < -0.3 is 25.4 Å². The smallest absolute Gasteiger partial charge is 0.305 e. The van der Waals surface area contributed by atoms with Gasteiger partial charge in [-0.25, -0.2) is 14.4 Å². The van der Waals surface area contributed by atoms with Crippen molar-refractivity contribution in [3.05, 3.63) is 81.1 Å². The van der Waals surface area contributed by atoms with E-state index in [2.05, 4.69) is 30.6 Å². The molecule has 2 aromatic carbocycles. The lowest BCUT2D eigenvalue weighted by atomic mass is 9.82. The van der Waals surface area contributed by atoms with E-state index < -0.39 is 0 Å². The SMILES string of the molecule is O=CC(NCc1cccc(F)c1)C1CCc2[nH]c3ncnc(Nc4ccc5[nH]c(=O)sc5c4)c3c2C1. The van der Waals surface area contributed by atoms with E-state index in [1.807, 2.05) is 24.3 Å². The Morgan fingerprint density at radius 2 is 2.11 bits per heavy atom. The largest absolute Gasteiger partial charge is 0.343 e. The molecule has 0 aliphatic heterocycles. The molecule has 8 nitrogen and oxygen atoms in total. The number of H-pyrrole nitrogens is 2. The predicted molar refractivity (Wildman–Crippen MR) is 138 cm³/mol. The van der Waals surface area contributed by atoms with Gasteiger partial charge in [-0.3, -0.25) is 4.79 Å². The van der Waals surface area contributed by atoms with Crippen molar-refractivity contribution in [2.75, 3.05) is 5.32 Å². The third-order valence-corrected chi connectivity index (χ3v) is 7.63. The van der Waals surface area contributed by atoms with Crippen LogP contribution in [-0.4, -0.2) is 32.3 Å². The maximum absolute atomic E-state index is 13.5. The summed E-state index contributed by atoms with van der Waals surface area (Å²) in [6, 6.07) is 11.7. The second kappa shape index (κ2) is 9.29. The van der Waals surface area contributed by atoms with E-state index in [-0.39, 0.29) is 22.6 Å². The Labute approximate surface area is 209 Å². The van der Waals surface area contributed by atoms with Crippen LogP contribution in [0.25, 0.3) is 21.3 Å². The molecule has 5 aromatic rings. The Morgan fingerprint density at radius 3 is 2.97 bits per heavy atom. The summed E-state index contributed by atoms with van der Waals surface area (Å²) >= 11 is 1.16. The first kappa shape index (κ1) is 22.6. The Bertz CT molecular complexity index is 1640. The molecular formula is C26H23FN6O2S. The normalized spacial score (nSPS) is 16.2. The summed E-state index contributed by atoms with van der Waals surface area (Å²) in [7, 11) is 0. The molecule has 0 saturated heterocycles. The first-order valence-electron chi connectivity index (χ1n) is 11.7. The quantitative estimate of drug-likeness (QED) is 0.248. The molecule has 36 heavy (non-hydrogen) atoms. The molecule has 0 saturated carbocycles. The maximum atomic E-state index is 13.5. The number of rotatable bonds is 7. The lowest BCUT2D eigenvalue weighted by molar-refractivity contribution is -0.110. The van der Waals surface area contributed by atoms with E-state index in [1.165, 1.54) is 18.5 Å². The van der Waals surface area contributed by atoms with Crippen molar-refractivity contribution >= 4 is 50.4 Å². The van der Waals surface area contributed by atoms with Crippen LogP contribution in [0.4, 0.5) is 15.9 Å². The number of nitrogens with zero attached hydrogens (tertiary/aromatic N) is 2. The molecule has 1 aliphatic carbocycles. The number of benzene rings is 2. The van der Waals surface area contributed by atoms with Crippen molar-refractivity contribution < 1.29 is 9.18 Å². The molecule has 10 heteroatoms. The number of fused-ring (bicyclic) bond motifs is 4. The number of aromatic nitrogens is 4. The van der Waals surface area contributed by atoms with Crippen LogP contribution in [0.1, 0.15) is 23.2 Å². The third kappa shape index (κ3) is 4.29. The first-order chi connectivity index (χ1) is 17.6. The number of thiazole rings is 1. The van der Waals surface area contributed by atoms with E-state index in [9.17, 15) is 14.0 Å². The molecular weight excluding hydrogens is 479 g/mol. The highest BCUT2D eigenvalue weighted by molar-refractivity contribution is 7.16. The fourth-order valence-electron chi connectivity index (χ4n) is 5.04. The Kier molecular flexibility index (Phi) is 5.82. The minimum atomic E-state index is -0.355. The summed E-state index contributed by atoms with van der Waals surface area (Å²) in [6.07, 6.45) is 4.81. The van der Waals surface area contributed by atoms with Crippen LogP contribution in [-0.2, 0) is 24.2 Å². The highest BCUT2D eigenvalue weighted by atomic mass is 32.1. The van der Waals surface area contributed by atoms with E-state index >= 15 is 0 Å². The maximum Gasteiger partial charge on any atom is 0.305 e. The standard InChI is InChI=1S/C26H23FN6O2S/c27-16-3-1-2-14(8-16)11-28-21(12-34)15-4-6-19-18(9-15)23-24(29-13-30-25(23)32-19)31-17-5-7-20-22(10-17)36-26(35)33-20/h1-3,5,7-8,10,12-13,15,21,28H,4,6,9,11H2,(H,33,35)(H2,29,30,31,32). The summed E-state index contributed by atoms with van der Waals surface area (Å²) < 4.78 is 14.4. The fourth-order valence-corrected chi connectivity index (χ4v) is 5.81. The second-order valence-corrected chi connectivity index (χ2v) is 10.1. The minimum absolute atomic E-state index is 0.0871. The number of halogens is 1. The molecule has 2 atom stereocenters. The molecule has 0 fully saturated rings. The van der Waals surface area contributed by atoms with E-state index in [4.69, 9.17) is 0 Å². The Balaban J connectivity index is 1.27. The third-order valence-electron chi connectivity index (χ3n) is 6.78. The van der Waals surface area contributed by atoms with Gasteiger partial charge in [0.15, 0.2) is 0 Å². The van der Waals surface area contributed by atoms with Crippen LogP contribution in [0.5, 0.6) is 0 Å². The Morgan fingerprint density at radius 1 is 1.19 bits per heavy atom. The van der Waals surface area contributed by atoms with Gasteiger partial charge in [-0.2, -0.15) is 0 Å².